The molecule has 0 saturated carbocycles. The van der Waals surface area contributed by atoms with Crippen molar-refractivity contribution in [1.29, 1.82) is 0 Å². The minimum atomic E-state index is -0.630. The Labute approximate surface area is 91.4 Å². The number of ether oxygens (including phenoxy) is 1. The van der Waals surface area contributed by atoms with Gasteiger partial charge in [-0.25, -0.2) is 0 Å². The molecule has 0 spiro atoms. The zero-order valence-electron chi connectivity index (χ0n) is 8.81. The van der Waals surface area contributed by atoms with E-state index in [4.69, 9.17) is 4.74 Å². The van der Waals surface area contributed by atoms with Gasteiger partial charge in [-0.3, -0.25) is 14.9 Å². The number of amides is 1. The molecule has 0 radical (unpaired) electrons. The molecule has 0 aromatic heterocycles. The Bertz CT molecular complexity index is 484. The van der Waals surface area contributed by atoms with Gasteiger partial charge in [0.1, 0.15) is 0 Å². The molecule has 0 aliphatic carbocycles. The number of benzene rings is 1. The van der Waals surface area contributed by atoms with Gasteiger partial charge in [-0.05, 0) is 19.9 Å². The van der Waals surface area contributed by atoms with Gasteiger partial charge in [0, 0.05) is 5.56 Å². The lowest BCUT2D eigenvalue weighted by atomic mass is 10.1. The summed E-state index contributed by atoms with van der Waals surface area (Å²) < 4.78 is 5.27. The van der Waals surface area contributed by atoms with E-state index in [-0.39, 0.29) is 11.6 Å². The molecule has 1 N–H and O–H groups in total. The Morgan fingerprint density at radius 1 is 1.50 bits per heavy atom. The quantitative estimate of drug-likeness (QED) is 0.578. The van der Waals surface area contributed by atoms with Gasteiger partial charge in [-0.2, -0.15) is 0 Å². The van der Waals surface area contributed by atoms with Crippen molar-refractivity contribution in [3.05, 3.63) is 27.8 Å². The Balaban J connectivity index is 2.50. The SMILES string of the molecule is Cc1cc2c(cc1[N+](=O)[O-])O[C@H](C)C(=O)N2. The summed E-state index contributed by atoms with van der Waals surface area (Å²) in [4.78, 5) is 21.6. The number of carbonyl (C=O) groups excluding carboxylic acids is 1. The first-order valence-electron chi connectivity index (χ1n) is 4.75. The molecular formula is C10H10N2O4. The Morgan fingerprint density at radius 2 is 2.19 bits per heavy atom. The van der Waals surface area contributed by atoms with Crippen molar-refractivity contribution in [2.45, 2.75) is 20.0 Å². The third kappa shape index (κ3) is 1.58. The van der Waals surface area contributed by atoms with Gasteiger partial charge in [0.25, 0.3) is 11.6 Å². The molecule has 1 aliphatic heterocycles. The minimum Gasteiger partial charge on any atom is -0.478 e. The smallest absolute Gasteiger partial charge is 0.276 e. The number of nitro benzene ring substituents is 1. The summed E-state index contributed by atoms with van der Waals surface area (Å²) >= 11 is 0. The molecular weight excluding hydrogens is 212 g/mol. The fourth-order valence-electron chi connectivity index (χ4n) is 1.55. The van der Waals surface area contributed by atoms with Crippen molar-refractivity contribution in [3.63, 3.8) is 0 Å². The molecule has 1 amide bonds. The highest BCUT2D eigenvalue weighted by Crippen LogP contribution is 2.35. The lowest BCUT2D eigenvalue weighted by Crippen LogP contribution is -2.34. The molecule has 0 saturated heterocycles. The van der Waals surface area contributed by atoms with Crippen LogP contribution in [0.25, 0.3) is 0 Å². The number of nitrogens with one attached hydrogen (secondary N) is 1. The first kappa shape index (κ1) is 10.4. The van der Waals surface area contributed by atoms with Crippen LogP contribution in [0.2, 0.25) is 0 Å². The molecule has 1 aromatic carbocycles. The lowest BCUT2D eigenvalue weighted by Gasteiger charge is -2.23. The highest BCUT2D eigenvalue weighted by molar-refractivity contribution is 5.97. The van der Waals surface area contributed by atoms with Crippen molar-refractivity contribution in [1.82, 2.24) is 0 Å². The number of nitro groups is 1. The van der Waals surface area contributed by atoms with E-state index in [0.29, 0.717) is 17.0 Å². The van der Waals surface area contributed by atoms with Gasteiger partial charge >= 0.3 is 0 Å². The number of rotatable bonds is 1. The first-order chi connectivity index (χ1) is 7.49. The molecule has 6 nitrogen and oxygen atoms in total. The molecule has 1 heterocycles. The molecule has 0 bridgehead atoms. The monoisotopic (exact) mass is 222 g/mol. The first-order valence-corrected chi connectivity index (χ1v) is 4.75. The van der Waals surface area contributed by atoms with E-state index in [1.165, 1.54) is 12.1 Å². The topological polar surface area (TPSA) is 81.5 Å². The van der Waals surface area contributed by atoms with E-state index < -0.39 is 11.0 Å². The summed E-state index contributed by atoms with van der Waals surface area (Å²) in [6.07, 6.45) is -0.630. The maximum absolute atomic E-state index is 11.3. The third-order valence-electron chi connectivity index (χ3n) is 2.43. The van der Waals surface area contributed by atoms with Gasteiger partial charge < -0.3 is 10.1 Å². The number of nitrogens with zero attached hydrogens (tertiary/aromatic N) is 1. The van der Waals surface area contributed by atoms with E-state index in [9.17, 15) is 14.9 Å². The third-order valence-corrected chi connectivity index (χ3v) is 2.43. The summed E-state index contributed by atoms with van der Waals surface area (Å²) in [5.74, 6) is 0.0881. The van der Waals surface area contributed by atoms with Gasteiger partial charge in [-0.15, -0.1) is 0 Å². The summed E-state index contributed by atoms with van der Waals surface area (Å²) in [5.41, 5.74) is 0.954. The molecule has 84 valence electrons. The van der Waals surface area contributed by atoms with Crippen molar-refractivity contribution < 1.29 is 14.5 Å². The molecule has 0 unspecified atom stereocenters. The van der Waals surface area contributed by atoms with E-state index in [1.54, 1.807) is 13.8 Å². The van der Waals surface area contributed by atoms with Crippen LogP contribution >= 0.6 is 0 Å². The van der Waals surface area contributed by atoms with Gasteiger partial charge in [0.2, 0.25) is 0 Å². The predicted octanol–water partition coefficient (Wildman–Crippen LogP) is 1.62. The zero-order valence-corrected chi connectivity index (χ0v) is 8.81. The predicted molar refractivity (Wildman–Crippen MR) is 56.6 cm³/mol. The molecule has 1 atom stereocenters. The van der Waals surface area contributed by atoms with Crippen LogP contribution in [0.1, 0.15) is 12.5 Å². The Hall–Kier alpha value is -2.11. The van der Waals surface area contributed by atoms with Gasteiger partial charge in [-0.1, -0.05) is 0 Å². The van der Waals surface area contributed by atoms with Crippen LogP contribution < -0.4 is 10.1 Å². The maximum Gasteiger partial charge on any atom is 0.276 e. The summed E-state index contributed by atoms with van der Waals surface area (Å²) in [5, 5.41) is 13.3. The van der Waals surface area contributed by atoms with Crippen LogP contribution in [-0.4, -0.2) is 16.9 Å². The number of carbonyl (C=O) groups is 1. The molecule has 2 rings (SSSR count). The van der Waals surface area contributed by atoms with E-state index >= 15 is 0 Å². The maximum atomic E-state index is 11.3. The Morgan fingerprint density at radius 3 is 2.81 bits per heavy atom. The average Bonchev–Trinajstić information content (AvgIpc) is 2.19. The van der Waals surface area contributed by atoms with E-state index in [0.717, 1.165) is 0 Å². The largest absolute Gasteiger partial charge is 0.478 e. The number of hydrogen-bond donors (Lipinski definition) is 1. The average molecular weight is 222 g/mol. The van der Waals surface area contributed by atoms with Crippen LogP contribution in [0.4, 0.5) is 11.4 Å². The second kappa shape index (κ2) is 3.48. The highest BCUT2D eigenvalue weighted by Gasteiger charge is 2.26. The molecule has 1 aliphatic rings. The second-order valence-electron chi connectivity index (χ2n) is 3.64. The minimum absolute atomic E-state index is 0.0119. The van der Waals surface area contributed by atoms with Crippen molar-refractivity contribution >= 4 is 17.3 Å². The standard InChI is InChI=1S/C10H10N2O4/c1-5-3-7-9(4-8(5)12(14)15)16-6(2)10(13)11-7/h3-4,6H,1-2H3,(H,11,13)/t6-/m1/s1. The summed E-state index contributed by atoms with van der Waals surface area (Å²) in [6.45, 7) is 3.20. The molecule has 0 fully saturated rings. The van der Waals surface area contributed by atoms with Crippen LogP contribution in [-0.2, 0) is 4.79 Å². The fraction of sp³-hybridized carbons (Fsp3) is 0.300. The molecule has 16 heavy (non-hydrogen) atoms. The summed E-state index contributed by atoms with van der Waals surface area (Å²) in [6, 6.07) is 2.87. The number of anilines is 1. The fourth-order valence-corrected chi connectivity index (χ4v) is 1.55. The number of aryl methyl sites for hydroxylation is 1. The van der Waals surface area contributed by atoms with Gasteiger partial charge in [0.15, 0.2) is 11.9 Å². The second-order valence-corrected chi connectivity index (χ2v) is 3.64. The van der Waals surface area contributed by atoms with Gasteiger partial charge in [0.05, 0.1) is 16.7 Å². The van der Waals surface area contributed by atoms with E-state index in [1.807, 2.05) is 0 Å². The zero-order chi connectivity index (χ0) is 11.9. The normalized spacial score (nSPS) is 18.4. The van der Waals surface area contributed by atoms with Crippen LogP contribution in [0.5, 0.6) is 5.75 Å². The summed E-state index contributed by atoms with van der Waals surface area (Å²) in [7, 11) is 0. The van der Waals surface area contributed by atoms with Crippen LogP contribution in [0.15, 0.2) is 12.1 Å². The number of fused-ring (bicyclic) bond motifs is 1. The van der Waals surface area contributed by atoms with Crippen molar-refractivity contribution in [3.8, 4) is 5.75 Å². The lowest BCUT2D eigenvalue weighted by molar-refractivity contribution is -0.385. The number of hydrogen-bond acceptors (Lipinski definition) is 4. The Kier molecular flexibility index (Phi) is 2.26. The molecule has 6 heteroatoms. The van der Waals surface area contributed by atoms with E-state index in [2.05, 4.69) is 5.32 Å². The molecule has 1 aromatic rings. The van der Waals surface area contributed by atoms with Crippen molar-refractivity contribution in [2.24, 2.45) is 0 Å². The van der Waals surface area contributed by atoms with Crippen LogP contribution in [0, 0.1) is 17.0 Å². The van der Waals surface area contributed by atoms with Crippen LogP contribution in [0.3, 0.4) is 0 Å². The highest BCUT2D eigenvalue weighted by atomic mass is 16.6. The van der Waals surface area contributed by atoms with Crippen molar-refractivity contribution in [2.75, 3.05) is 5.32 Å².